The van der Waals surface area contributed by atoms with Gasteiger partial charge in [0.1, 0.15) is 10.8 Å². The summed E-state index contributed by atoms with van der Waals surface area (Å²) in [6.45, 7) is 2.97. The van der Waals surface area contributed by atoms with E-state index in [1.54, 1.807) is 5.38 Å². The van der Waals surface area contributed by atoms with Gasteiger partial charge in [-0.15, -0.1) is 11.3 Å². The van der Waals surface area contributed by atoms with Crippen molar-refractivity contribution in [3.8, 4) is 5.75 Å². The maximum absolute atomic E-state index is 11.9. The van der Waals surface area contributed by atoms with Crippen LogP contribution >= 0.6 is 11.3 Å². The van der Waals surface area contributed by atoms with E-state index in [0.717, 1.165) is 11.3 Å². The molecule has 7 heteroatoms. The molecule has 0 radical (unpaired) electrons. The van der Waals surface area contributed by atoms with Crippen LogP contribution in [-0.4, -0.2) is 28.6 Å². The van der Waals surface area contributed by atoms with E-state index in [-0.39, 0.29) is 18.7 Å². The van der Waals surface area contributed by atoms with Crippen molar-refractivity contribution in [1.29, 1.82) is 0 Å². The van der Waals surface area contributed by atoms with E-state index < -0.39 is 5.97 Å². The minimum atomic E-state index is -0.929. The second-order valence-electron chi connectivity index (χ2n) is 4.83. The molecule has 0 saturated heterocycles. The lowest BCUT2D eigenvalue weighted by atomic mass is 10.2. The van der Waals surface area contributed by atoms with E-state index in [2.05, 4.69) is 10.3 Å². The molecule has 23 heavy (non-hydrogen) atoms. The zero-order chi connectivity index (χ0) is 16.7. The quantitative estimate of drug-likeness (QED) is 0.771. The Hall–Kier alpha value is -2.41. The van der Waals surface area contributed by atoms with Crippen molar-refractivity contribution in [3.05, 3.63) is 45.9 Å². The fourth-order valence-corrected chi connectivity index (χ4v) is 2.73. The molecule has 1 aromatic carbocycles. The summed E-state index contributed by atoms with van der Waals surface area (Å²) < 4.78 is 5.36. The van der Waals surface area contributed by atoms with E-state index in [9.17, 15) is 9.59 Å². The zero-order valence-corrected chi connectivity index (χ0v) is 13.6. The summed E-state index contributed by atoms with van der Waals surface area (Å²) in [6.07, 6.45) is 0.0333. The van der Waals surface area contributed by atoms with Crippen LogP contribution in [0.1, 0.15) is 23.2 Å². The third kappa shape index (κ3) is 5.71. The molecule has 0 fully saturated rings. The van der Waals surface area contributed by atoms with Crippen LogP contribution in [0.4, 0.5) is 0 Å². The number of nitrogens with one attached hydrogen (secondary N) is 1. The molecule has 2 aromatic rings. The van der Waals surface area contributed by atoms with Crippen molar-refractivity contribution >= 4 is 23.2 Å². The Morgan fingerprint density at radius 1 is 1.26 bits per heavy atom. The van der Waals surface area contributed by atoms with Crippen LogP contribution in [0.15, 0.2) is 29.6 Å². The Morgan fingerprint density at radius 2 is 2.00 bits per heavy atom. The first kappa shape index (κ1) is 17.0. The molecule has 6 nitrogen and oxygen atoms in total. The Labute approximate surface area is 138 Å². The highest BCUT2D eigenvalue weighted by molar-refractivity contribution is 7.09. The number of rotatable bonds is 8. The van der Waals surface area contributed by atoms with Gasteiger partial charge in [-0.2, -0.15) is 0 Å². The van der Waals surface area contributed by atoms with Crippen molar-refractivity contribution in [1.82, 2.24) is 10.3 Å². The van der Waals surface area contributed by atoms with Gasteiger partial charge in [-0.3, -0.25) is 9.59 Å². The number of carbonyl (C=O) groups is 2. The second kappa shape index (κ2) is 8.28. The molecule has 0 unspecified atom stereocenters. The van der Waals surface area contributed by atoms with E-state index in [1.165, 1.54) is 11.3 Å². The molecule has 0 bridgehead atoms. The minimum Gasteiger partial charge on any atom is -0.494 e. The van der Waals surface area contributed by atoms with Crippen LogP contribution in [0.25, 0.3) is 0 Å². The number of carboxylic acid groups (broad SMARTS) is 1. The maximum atomic E-state index is 11.9. The minimum absolute atomic E-state index is 0.121. The number of hydrogen-bond acceptors (Lipinski definition) is 5. The predicted molar refractivity (Wildman–Crippen MR) is 86.6 cm³/mol. The molecule has 122 valence electrons. The first-order chi connectivity index (χ1) is 11.1. The van der Waals surface area contributed by atoms with Crippen molar-refractivity contribution in [3.63, 3.8) is 0 Å². The number of aromatic nitrogens is 1. The highest BCUT2D eigenvalue weighted by atomic mass is 32.1. The van der Waals surface area contributed by atoms with Crippen molar-refractivity contribution in [2.75, 3.05) is 6.61 Å². The standard InChI is InChI=1S/C16H18N2O4S/c1-2-22-13-5-3-11(4-6-13)9-17-14(19)8-15-18-12(10-23-15)7-16(20)21/h3-6,10H,2,7-9H2,1H3,(H,17,19)(H,20,21). The van der Waals surface area contributed by atoms with Gasteiger partial charge in [0.05, 0.1) is 25.1 Å². The molecule has 0 aliphatic carbocycles. The molecule has 0 aliphatic rings. The number of carboxylic acids is 1. The fourth-order valence-electron chi connectivity index (χ4n) is 1.94. The lowest BCUT2D eigenvalue weighted by Gasteiger charge is -2.06. The first-order valence-electron chi connectivity index (χ1n) is 7.20. The van der Waals surface area contributed by atoms with E-state index >= 15 is 0 Å². The summed E-state index contributed by atoms with van der Waals surface area (Å²) >= 11 is 1.30. The van der Waals surface area contributed by atoms with Crippen LogP contribution in [0.3, 0.4) is 0 Å². The summed E-state index contributed by atoms with van der Waals surface area (Å²) in [5, 5.41) is 13.8. The van der Waals surface area contributed by atoms with E-state index in [1.807, 2.05) is 31.2 Å². The van der Waals surface area contributed by atoms with Crippen LogP contribution in [0.5, 0.6) is 5.75 Å². The van der Waals surface area contributed by atoms with Gasteiger partial charge in [0.2, 0.25) is 5.91 Å². The number of hydrogen-bond donors (Lipinski definition) is 2. The number of aliphatic carboxylic acids is 1. The van der Waals surface area contributed by atoms with Crippen LogP contribution in [-0.2, 0) is 29.0 Å². The normalized spacial score (nSPS) is 10.3. The van der Waals surface area contributed by atoms with Crippen LogP contribution in [0.2, 0.25) is 0 Å². The van der Waals surface area contributed by atoms with Gasteiger partial charge < -0.3 is 15.2 Å². The maximum Gasteiger partial charge on any atom is 0.309 e. The average molecular weight is 334 g/mol. The van der Waals surface area contributed by atoms with Gasteiger partial charge in [0.25, 0.3) is 0 Å². The summed E-state index contributed by atoms with van der Waals surface area (Å²) in [6, 6.07) is 7.53. The summed E-state index contributed by atoms with van der Waals surface area (Å²) in [7, 11) is 0. The third-order valence-electron chi connectivity index (χ3n) is 2.97. The van der Waals surface area contributed by atoms with Crippen molar-refractivity contribution in [2.45, 2.75) is 26.3 Å². The summed E-state index contributed by atoms with van der Waals surface area (Å²) in [5.41, 5.74) is 1.46. The molecule has 0 saturated carbocycles. The number of thiazole rings is 1. The predicted octanol–water partition coefficient (Wildman–Crippen LogP) is 2.03. The fraction of sp³-hybridized carbons (Fsp3) is 0.312. The van der Waals surface area contributed by atoms with Gasteiger partial charge in [-0.05, 0) is 24.6 Å². The van der Waals surface area contributed by atoms with Gasteiger partial charge in [0, 0.05) is 11.9 Å². The number of carbonyl (C=O) groups excluding carboxylic acids is 1. The largest absolute Gasteiger partial charge is 0.494 e. The topological polar surface area (TPSA) is 88.5 Å². The second-order valence-corrected chi connectivity index (χ2v) is 5.78. The number of nitrogens with zero attached hydrogens (tertiary/aromatic N) is 1. The Morgan fingerprint density at radius 3 is 2.65 bits per heavy atom. The third-order valence-corrected chi connectivity index (χ3v) is 3.87. The molecule has 1 heterocycles. The summed E-state index contributed by atoms with van der Waals surface area (Å²) in [5.74, 6) is -0.270. The van der Waals surface area contributed by atoms with Crippen LogP contribution < -0.4 is 10.1 Å². The molecular weight excluding hydrogens is 316 g/mol. The molecule has 0 spiro atoms. The smallest absolute Gasteiger partial charge is 0.309 e. The van der Waals surface area contributed by atoms with Gasteiger partial charge in [0.15, 0.2) is 0 Å². The van der Waals surface area contributed by atoms with Gasteiger partial charge in [-0.25, -0.2) is 4.98 Å². The van der Waals surface area contributed by atoms with E-state index in [0.29, 0.717) is 23.9 Å². The zero-order valence-electron chi connectivity index (χ0n) is 12.7. The molecular formula is C16H18N2O4S. The SMILES string of the molecule is CCOc1ccc(CNC(=O)Cc2nc(CC(=O)O)cs2)cc1. The molecule has 2 N–H and O–H groups in total. The Kier molecular flexibility index (Phi) is 6.10. The number of ether oxygens (including phenoxy) is 1. The lowest BCUT2D eigenvalue weighted by molar-refractivity contribution is -0.136. The summed E-state index contributed by atoms with van der Waals surface area (Å²) in [4.78, 5) is 26.6. The van der Waals surface area contributed by atoms with Gasteiger partial charge >= 0.3 is 5.97 Å². The molecule has 0 atom stereocenters. The monoisotopic (exact) mass is 334 g/mol. The number of amides is 1. The highest BCUT2D eigenvalue weighted by Crippen LogP contribution is 2.13. The average Bonchev–Trinajstić information content (AvgIpc) is 2.93. The Balaban J connectivity index is 1.80. The van der Waals surface area contributed by atoms with Gasteiger partial charge in [-0.1, -0.05) is 12.1 Å². The first-order valence-corrected chi connectivity index (χ1v) is 8.08. The van der Waals surface area contributed by atoms with Crippen molar-refractivity contribution in [2.24, 2.45) is 0 Å². The van der Waals surface area contributed by atoms with E-state index in [4.69, 9.17) is 9.84 Å². The molecule has 0 aliphatic heterocycles. The number of benzene rings is 1. The molecule has 1 aromatic heterocycles. The highest BCUT2D eigenvalue weighted by Gasteiger charge is 2.10. The van der Waals surface area contributed by atoms with Crippen LogP contribution in [0, 0.1) is 0 Å². The van der Waals surface area contributed by atoms with Crippen molar-refractivity contribution < 1.29 is 19.4 Å². The molecule has 2 rings (SSSR count). The Bertz CT molecular complexity index is 667. The molecule has 1 amide bonds. The lowest BCUT2D eigenvalue weighted by Crippen LogP contribution is -2.24.